The first-order valence-electron chi connectivity index (χ1n) is 4.31. The topological polar surface area (TPSA) is 46.5 Å². The maximum absolute atomic E-state index is 11.8. The van der Waals surface area contributed by atoms with Crippen LogP contribution in [-0.4, -0.2) is 30.0 Å². The average Bonchev–Trinajstić information content (AvgIpc) is 2.46. The van der Waals surface area contributed by atoms with Crippen molar-refractivity contribution in [3.05, 3.63) is 0 Å². The van der Waals surface area contributed by atoms with Crippen LogP contribution in [0.1, 0.15) is 19.3 Å². The van der Waals surface area contributed by atoms with Crippen LogP contribution in [0, 0.1) is 5.92 Å². The van der Waals surface area contributed by atoms with Crippen LogP contribution < -0.4 is 0 Å². The van der Waals surface area contributed by atoms with Gasteiger partial charge in [0.15, 0.2) is 0 Å². The number of hydrogen-bond acceptors (Lipinski definition) is 2. The van der Waals surface area contributed by atoms with Crippen molar-refractivity contribution < 1.29 is 27.8 Å². The normalized spacial score (nSPS) is 27.9. The second-order valence-corrected chi connectivity index (χ2v) is 3.34. The zero-order chi connectivity index (χ0) is 10.8. The van der Waals surface area contributed by atoms with E-state index >= 15 is 0 Å². The number of carboxylic acids is 1. The van der Waals surface area contributed by atoms with Gasteiger partial charge in [0.2, 0.25) is 0 Å². The number of carboxylic acid groups (broad SMARTS) is 1. The minimum absolute atomic E-state index is 0.396. The van der Waals surface area contributed by atoms with E-state index < -0.39 is 30.8 Å². The molecule has 0 bridgehead atoms. The summed E-state index contributed by atoms with van der Waals surface area (Å²) in [5.41, 5.74) is 0. The van der Waals surface area contributed by atoms with Crippen molar-refractivity contribution in [2.24, 2.45) is 5.92 Å². The van der Waals surface area contributed by atoms with Crippen molar-refractivity contribution in [3.8, 4) is 0 Å². The Morgan fingerprint density at radius 3 is 2.57 bits per heavy atom. The van der Waals surface area contributed by atoms with Crippen molar-refractivity contribution >= 4 is 5.97 Å². The fraction of sp³-hybridized carbons (Fsp3) is 0.875. The Bertz CT molecular complexity index is 214. The molecular weight excluding hydrogens is 201 g/mol. The molecule has 1 saturated carbocycles. The molecule has 0 heterocycles. The Kier molecular flexibility index (Phi) is 3.36. The van der Waals surface area contributed by atoms with Gasteiger partial charge in [0.05, 0.1) is 12.0 Å². The second-order valence-electron chi connectivity index (χ2n) is 3.34. The lowest BCUT2D eigenvalue weighted by Gasteiger charge is -2.17. The van der Waals surface area contributed by atoms with Gasteiger partial charge >= 0.3 is 12.1 Å². The highest BCUT2D eigenvalue weighted by atomic mass is 19.4. The molecule has 82 valence electrons. The lowest BCUT2D eigenvalue weighted by molar-refractivity contribution is -0.191. The van der Waals surface area contributed by atoms with Gasteiger partial charge in [0.1, 0.15) is 6.61 Å². The fourth-order valence-corrected chi connectivity index (χ4v) is 1.61. The van der Waals surface area contributed by atoms with Crippen molar-refractivity contribution in [1.29, 1.82) is 0 Å². The van der Waals surface area contributed by atoms with Gasteiger partial charge in [0.25, 0.3) is 0 Å². The first-order chi connectivity index (χ1) is 6.40. The molecule has 1 aliphatic rings. The molecular formula is C8H11F3O3. The number of alkyl halides is 3. The van der Waals surface area contributed by atoms with E-state index in [1.54, 1.807) is 0 Å². The molecule has 1 fully saturated rings. The van der Waals surface area contributed by atoms with Gasteiger partial charge in [-0.2, -0.15) is 13.2 Å². The van der Waals surface area contributed by atoms with Gasteiger partial charge in [-0.25, -0.2) is 0 Å². The molecule has 0 saturated heterocycles. The summed E-state index contributed by atoms with van der Waals surface area (Å²) in [6, 6.07) is 0. The highest BCUT2D eigenvalue weighted by Crippen LogP contribution is 2.29. The predicted molar refractivity (Wildman–Crippen MR) is 40.8 cm³/mol. The SMILES string of the molecule is O=C(O)C1CCCC1OCC(F)(F)F. The highest BCUT2D eigenvalue weighted by molar-refractivity contribution is 5.71. The van der Waals surface area contributed by atoms with E-state index in [4.69, 9.17) is 5.11 Å². The van der Waals surface area contributed by atoms with E-state index in [2.05, 4.69) is 4.74 Å². The fourth-order valence-electron chi connectivity index (χ4n) is 1.61. The van der Waals surface area contributed by atoms with Crippen LogP contribution in [0.2, 0.25) is 0 Å². The molecule has 1 rings (SSSR count). The summed E-state index contributed by atoms with van der Waals surface area (Å²) in [6.45, 7) is -1.36. The Hall–Kier alpha value is -0.780. The van der Waals surface area contributed by atoms with Crippen LogP contribution in [0.25, 0.3) is 0 Å². The molecule has 0 amide bonds. The Morgan fingerprint density at radius 1 is 1.43 bits per heavy atom. The van der Waals surface area contributed by atoms with Gasteiger partial charge in [-0.1, -0.05) is 0 Å². The van der Waals surface area contributed by atoms with Crippen LogP contribution in [0.5, 0.6) is 0 Å². The molecule has 0 aromatic carbocycles. The van der Waals surface area contributed by atoms with Crippen LogP contribution >= 0.6 is 0 Å². The number of hydrogen-bond donors (Lipinski definition) is 1. The van der Waals surface area contributed by atoms with Gasteiger partial charge in [-0.05, 0) is 19.3 Å². The van der Waals surface area contributed by atoms with E-state index in [0.717, 1.165) is 0 Å². The zero-order valence-electron chi connectivity index (χ0n) is 7.38. The highest BCUT2D eigenvalue weighted by Gasteiger charge is 2.37. The van der Waals surface area contributed by atoms with E-state index in [1.807, 2.05) is 0 Å². The largest absolute Gasteiger partial charge is 0.481 e. The zero-order valence-corrected chi connectivity index (χ0v) is 7.38. The smallest absolute Gasteiger partial charge is 0.411 e. The second kappa shape index (κ2) is 4.16. The quantitative estimate of drug-likeness (QED) is 0.776. The van der Waals surface area contributed by atoms with Gasteiger partial charge in [-0.15, -0.1) is 0 Å². The number of rotatable bonds is 3. The van der Waals surface area contributed by atoms with Crippen molar-refractivity contribution in [3.63, 3.8) is 0 Å². The summed E-state index contributed by atoms with van der Waals surface area (Å²) in [7, 11) is 0. The average molecular weight is 212 g/mol. The molecule has 1 N–H and O–H groups in total. The molecule has 14 heavy (non-hydrogen) atoms. The molecule has 0 aromatic rings. The van der Waals surface area contributed by atoms with E-state index in [1.165, 1.54) is 0 Å². The van der Waals surface area contributed by atoms with Crippen LogP contribution in [0.15, 0.2) is 0 Å². The molecule has 1 aliphatic carbocycles. The van der Waals surface area contributed by atoms with E-state index in [0.29, 0.717) is 19.3 Å². The molecule has 0 radical (unpaired) electrons. The minimum Gasteiger partial charge on any atom is -0.481 e. The lowest BCUT2D eigenvalue weighted by atomic mass is 10.1. The standard InChI is InChI=1S/C8H11F3O3/c9-8(10,11)4-14-6-3-1-2-5(6)7(12)13/h5-6H,1-4H2,(H,12,13). The Labute approximate surface area is 78.9 Å². The summed E-state index contributed by atoms with van der Waals surface area (Å²) in [4.78, 5) is 10.6. The third-order valence-electron chi connectivity index (χ3n) is 2.23. The maximum atomic E-state index is 11.8. The van der Waals surface area contributed by atoms with Crippen molar-refractivity contribution in [2.45, 2.75) is 31.5 Å². The third-order valence-corrected chi connectivity index (χ3v) is 2.23. The maximum Gasteiger partial charge on any atom is 0.411 e. The summed E-state index contributed by atoms with van der Waals surface area (Å²) < 4.78 is 39.8. The molecule has 6 heteroatoms. The molecule has 2 unspecified atom stereocenters. The molecule has 0 spiro atoms. The van der Waals surface area contributed by atoms with Crippen LogP contribution in [0.3, 0.4) is 0 Å². The van der Waals surface area contributed by atoms with Gasteiger partial charge in [-0.3, -0.25) is 4.79 Å². The summed E-state index contributed by atoms with van der Waals surface area (Å²) >= 11 is 0. The van der Waals surface area contributed by atoms with Crippen molar-refractivity contribution in [1.82, 2.24) is 0 Å². The summed E-state index contributed by atoms with van der Waals surface area (Å²) in [6.07, 6.45) is -3.76. The predicted octanol–water partition coefficient (Wildman–Crippen LogP) is 1.82. The number of aliphatic carboxylic acids is 1. The number of halogens is 3. The molecule has 0 aromatic heterocycles. The van der Waals surface area contributed by atoms with Gasteiger partial charge in [0, 0.05) is 0 Å². The summed E-state index contributed by atoms with van der Waals surface area (Å²) in [5, 5.41) is 8.65. The Morgan fingerprint density at radius 2 is 2.07 bits per heavy atom. The number of carbonyl (C=O) groups is 1. The lowest BCUT2D eigenvalue weighted by Crippen LogP contribution is -2.29. The monoisotopic (exact) mass is 212 g/mol. The van der Waals surface area contributed by atoms with Crippen LogP contribution in [-0.2, 0) is 9.53 Å². The first-order valence-corrected chi connectivity index (χ1v) is 4.31. The third kappa shape index (κ3) is 3.17. The first kappa shape index (κ1) is 11.3. The minimum atomic E-state index is -4.38. The van der Waals surface area contributed by atoms with Crippen molar-refractivity contribution in [2.75, 3.05) is 6.61 Å². The Balaban J connectivity index is 2.40. The molecule has 2 atom stereocenters. The van der Waals surface area contributed by atoms with Gasteiger partial charge < -0.3 is 9.84 Å². The molecule has 0 aliphatic heterocycles. The molecule has 3 nitrogen and oxygen atoms in total. The van der Waals surface area contributed by atoms with Crippen LogP contribution in [0.4, 0.5) is 13.2 Å². The summed E-state index contributed by atoms with van der Waals surface area (Å²) in [5.74, 6) is -1.85. The van der Waals surface area contributed by atoms with E-state index in [-0.39, 0.29) is 0 Å². The van der Waals surface area contributed by atoms with E-state index in [9.17, 15) is 18.0 Å². The number of ether oxygens (including phenoxy) is 1.